The lowest BCUT2D eigenvalue weighted by Crippen LogP contribution is -2.59. The number of benzene rings is 4. The fourth-order valence-corrected chi connectivity index (χ4v) is 8.48. The highest BCUT2D eigenvalue weighted by Crippen LogP contribution is 2.43. The molecule has 0 spiro atoms. The number of nitrogens with zero attached hydrogens (tertiary/aromatic N) is 2. The third kappa shape index (κ3) is 18.6. The molecule has 0 fully saturated rings. The van der Waals surface area contributed by atoms with Crippen LogP contribution >= 0.6 is 0 Å². The smallest absolute Gasteiger partial charge is 0.187 e. The molecule has 4 rings (SSSR count). The summed E-state index contributed by atoms with van der Waals surface area (Å²) in [7, 11) is 0. The first kappa shape index (κ1) is 49.9. The van der Waals surface area contributed by atoms with Crippen molar-refractivity contribution in [2.45, 2.75) is 194 Å². The van der Waals surface area contributed by atoms with E-state index in [4.69, 9.17) is 14.4 Å². The van der Waals surface area contributed by atoms with Crippen molar-refractivity contribution in [1.82, 2.24) is 0 Å². The predicted molar refractivity (Wildman–Crippen MR) is 261 cm³/mol. The average Bonchev–Trinajstić information content (AvgIpc) is 3.31. The van der Waals surface area contributed by atoms with E-state index in [0.717, 1.165) is 41.1 Å². The van der Waals surface area contributed by atoms with Crippen molar-refractivity contribution in [3.63, 3.8) is 0 Å². The molecule has 0 bridgehead atoms. The maximum Gasteiger partial charge on any atom is 0.187 e. The first-order chi connectivity index (χ1) is 30.2. The fourth-order valence-electron chi connectivity index (χ4n) is 8.48. The topological polar surface area (TPSA) is 34.2 Å². The number of ether oxygens (including phenoxy) is 1. The second-order valence-corrected chi connectivity index (χ2v) is 17.2. The number of unbranched alkanes of at least 4 members (excludes halogenated alkanes) is 22. The van der Waals surface area contributed by atoms with Crippen LogP contribution in [0.2, 0.25) is 0 Å². The molecule has 0 aliphatic heterocycles. The molecule has 0 aliphatic carbocycles. The van der Waals surface area contributed by atoms with Crippen molar-refractivity contribution in [3.05, 3.63) is 126 Å². The van der Waals surface area contributed by atoms with Gasteiger partial charge in [-0.3, -0.25) is 9.68 Å². The summed E-state index contributed by atoms with van der Waals surface area (Å²) in [6.45, 7) is 8.63. The Balaban J connectivity index is 1.49. The highest BCUT2D eigenvalue weighted by Gasteiger charge is 2.46. The number of para-hydroxylation sites is 2. The molecule has 4 aromatic carbocycles. The minimum atomic E-state index is -0.824. The molecule has 5 heteroatoms. The molecule has 5 nitrogen and oxygen atoms in total. The standard InChI is InChI=1S/C56H84N2O3/c1-4-7-9-11-13-15-17-19-21-23-25-36-48-60-57(53-40-32-28-33-41-53)56(6-3,52-44-46-55(47-45-52)59-50-51-38-30-27-31-39-51)58(54-42-34-29-35-43-54)61-49-37-26-24-22-20-18-16-14-12-10-8-5-2/h27-35,38-47H,4-26,36-37,48-50H2,1-3H3. The molecule has 0 aromatic heterocycles. The van der Waals surface area contributed by atoms with Crippen LogP contribution in [0.1, 0.15) is 192 Å². The van der Waals surface area contributed by atoms with Gasteiger partial charge in [0, 0.05) is 5.56 Å². The molecular formula is C56H84N2O3. The normalized spacial score (nSPS) is 11.5. The van der Waals surface area contributed by atoms with Gasteiger partial charge in [0.2, 0.25) is 0 Å². The number of hydrogen-bond acceptors (Lipinski definition) is 5. The second kappa shape index (κ2) is 32.0. The third-order valence-electron chi connectivity index (χ3n) is 12.1. The number of hydrogen-bond donors (Lipinski definition) is 0. The molecule has 0 saturated heterocycles. The Labute approximate surface area is 373 Å². The van der Waals surface area contributed by atoms with Gasteiger partial charge in [-0.15, -0.1) is 0 Å². The molecule has 61 heavy (non-hydrogen) atoms. The summed E-state index contributed by atoms with van der Waals surface area (Å²) in [6, 6.07) is 40.2. The Hall–Kier alpha value is -3.80. The zero-order chi connectivity index (χ0) is 42.9. The van der Waals surface area contributed by atoms with Crippen molar-refractivity contribution < 1.29 is 14.4 Å². The van der Waals surface area contributed by atoms with Crippen LogP contribution in [0.3, 0.4) is 0 Å². The van der Waals surface area contributed by atoms with E-state index < -0.39 is 5.66 Å². The molecule has 4 aromatic rings. The number of hydroxylamine groups is 2. The van der Waals surface area contributed by atoms with Crippen LogP contribution in [0, 0.1) is 0 Å². The Morgan fingerprint density at radius 1 is 0.377 bits per heavy atom. The Kier molecular flexibility index (Phi) is 26.1. The summed E-state index contributed by atoms with van der Waals surface area (Å²) < 4.78 is 6.30. The van der Waals surface area contributed by atoms with Crippen molar-refractivity contribution in [1.29, 1.82) is 0 Å². The highest BCUT2D eigenvalue weighted by atomic mass is 16.7. The van der Waals surface area contributed by atoms with Crippen LogP contribution in [-0.4, -0.2) is 13.2 Å². The van der Waals surface area contributed by atoms with E-state index in [0.29, 0.717) is 26.2 Å². The van der Waals surface area contributed by atoms with E-state index in [-0.39, 0.29) is 0 Å². The van der Waals surface area contributed by atoms with E-state index >= 15 is 0 Å². The van der Waals surface area contributed by atoms with Crippen LogP contribution in [0.5, 0.6) is 5.75 Å². The quantitative estimate of drug-likeness (QED) is 0.0257. The van der Waals surface area contributed by atoms with Gasteiger partial charge in [-0.2, -0.15) is 0 Å². The average molecular weight is 833 g/mol. The summed E-state index contributed by atoms with van der Waals surface area (Å²) in [5.74, 6) is 0.838. The molecule has 0 aliphatic rings. The van der Waals surface area contributed by atoms with Gasteiger partial charge >= 0.3 is 0 Å². The summed E-state index contributed by atoms with van der Waals surface area (Å²) in [4.78, 5) is 14.1. The lowest BCUT2D eigenvalue weighted by molar-refractivity contribution is -0.0281. The maximum atomic E-state index is 7.07. The Bertz CT molecular complexity index is 1510. The van der Waals surface area contributed by atoms with Crippen LogP contribution in [-0.2, 0) is 21.9 Å². The maximum absolute atomic E-state index is 7.07. The van der Waals surface area contributed by atoms with Gasteiger partial charge in [0.25, 0.3) is 0 Å². The second-order valence-electron chi connectivity index (χ2n) is 17.2. The van der Waals surface area contributed by atoms with Gasteiger partial charge < -0.3 is 4.74 Å². The lowest BCUT2D eigenvalue weighted by Gasteiger charge is -2.50. The minimum absolute atomic E-state index is 0.524. The Morgan fingerprint density at radius 2 is 0.721 bits per heavy atom. The summed E-state index contributed by atoms with van der Waals surface area (Å²) in [6.07, 6.45) is 32.2. The highest BCUT2D eigenvalue weighted by molar-refractivity contribution is 5.56. The van der Waals surface area contributed by atoms with E-state index in [1.54, 1.807) is 0 Å². The zero-order valence-electron chi connectivity index (χ0n) is 38.9. The zero-order valence-corrected chi connectivity index (χ0v) is 38.9. The minimum Gasteiger partial charge on any atom is -0.489 e. The van der Waals surface area contributed by atoms with Gasteiger partial charge in [0.1, 0.15) is 12.4 Å². The molecular weight excluding hydrogens is 749 g/mol. The molecule has 0 atom stereocenters. The third-order valence-corrected chi connectivity index (χ3v) is 12.1. The van der Waals surface area contributed by atoms with Crippen LogP contribution in [0.25, 0.3) is 0 Å². The molecule has 0 saturated carbocycles. The van der Waals surface area contributed by atoms with Crippen LogP contribution in [0.15, 0.2) is 115 Å². The van der Waals surface area contributed by atoms with Crippen LogP contribution in [0.4, 0.5) is 11.4 Å². The van der Waals surface area contributed by atoms with Gasteiger partial charge in [-0.1, -0.05) is 241 Å². The van der Waals surface area contributed by atoms with Gasteiger partial charge in [-0.25, -0.2) is 10.1 Å². The number of rotatable bonds is 37. The van der Waals surface area contributed by atoms with Crippen molar-refractivity contribution >= 4 is 11.4 Å². The van der Waals surface area contributed by atoms with Crippen molar-refractivity contribution in [2.24, 2.45) is 0 Å². The fraction of sp³-hybridized carbons (Fsp3) is 0.571. The molecule has 0 N–H and O–H groups in total. The van der Waals surface area contributed by atoms with Gasteiger partial charge in [0.15, 0.2) is 5.66 Å². The lowest BCUT2D eigenvalue weighted by atomic mass is 9.93. The SMILES string of the molecule is CCCCCCCCCCCCCCON(c1ccccc1)C(CC)(c1ccc(OCc2ccccc2)cc1)N(OCCCCCCCCCCCCCC)c1ccccc1. The molecule has 0 radical (unpaired) electrons. The van der Waals surface area contributed by atoms with Crippen LogP contribution < -0.4 is 14.9 Å². The Morgan fingerprint density at radius 3 is 1.08 bits per heavy atom. The molecule has 336 valence electrons. The monoisotopic (exact) mass is 833 g/mol. The number of anilines is 2. The van der Waals surface area contributed by atoms with E-state index in [2.05, 4.69) is 140 Å². The van der Waals surface area contributed by atoms with E-state index in [1.807, 2.05) is 6.07 Å². The summed E-state index contributed by atoms with van der Waals surface area (Å²) in [5.41, 5.74) is 3.41. The van der Waals surface area contributed by atoms with Gasteiger partial charge in [-0.05, 0) is 61.2 Å². The summed E-state index contributed by atoms with van der Waals surface area (Å²) in [5, 5.41) is 4.31. The van der Waals surface area contributed by atoms with Crippen molar-refractivity contribution in [2.75, 3.05) is 23.3 Å². The van der Waals surface area contributed by atoms with Crippen molar-refractivity contribution in [3.8, 4) is 5.75 Å². The first-order valence-electron chi connectivity index (χ1n) is 25.0. The van der Waals surface area contributed by atoms with Gasteiger partial charge in [0.05, 0.1) is 24.6 Å². The molecule has 0 heterocycles. The first-order valence-corrected chi connectivity index (χ1v) is 25.0. The summed E-state index contributed by atoms with van der Waals surface area (Å²) >= 11 is 0. The molecule has 0 amide bonds. The van der Waals surface area contributed by atoms with E-state index in [1.165, 1.54) is 141 Å². The molecule has 0 unspecified atom stereocenters. The predicted octanol–water partition coefficient (Wildman–Crippen LogP) is 17.1. The largest absolute Gasteiger partial charge is 0.489 e. The van der Waals surface area contributed by atoms with E-state index in [9.17, 15) is 0 Å².